The number of hydrogen-bond donors (Lipinski definition) is 2. The SMILES string of the molecule is COc1ncc(-c2ccc(-c3ncc(N(C4CC4)C4C[C@]5(C)CCC[C@](C)(C4)N5)nn3)c(O)c2)nc1OC. The van der Waals surface area contributed by atoms with Gasteiger partial charge in [0.2, 0.25) is 0 Å². The normalized spacial score (nSPS) is 26.6. The number of nitrogens with zero attached hydrogens (tertiary/aromatic N) is 6. The van der Waals surface area contributed by atoms with E-state index in [2.05, 4.69) is 49.2 Å². The van der Waals surface area contributed by atoms with E-state index in [1.807, 2.05) is 12.3 Å². The van der Waals surface area contributed by atoms with Gasteiger partial charge in [0.1, 0.15) is 5.75 Å². The number of phenolic OH excluding ortho intramolecular Hbond substituents is 1. The molecule has 3 aromatic rings. The van der Waals surface area contributed by atoms with Crippen molar-refractivity contribution in [1.82, 2.24) is 30.5 Å². The van der Waals surface area contributed by atoms with Gasteiger partial charge in [-0.05, 0) is 70.9 Å². The Morgan fingerprint density at radius 2 is 1.68 bits per heavy atom. The number of aromatic nitrogens is 5. The van der Waals surface area contributed by atoms with E-state index >= 15 is 0 Å². The van der Waals surface area contributed by atoms with Crippen molar-refractivity contribution in [2.24, 2.45) is 0 Å². The van der Waals surface area contributed by atoms with Crippen LogP contribution in [0.4, 0.5) is 5.82 Å². The average Bonchev–Trinajstić information content (AvgIpc) is 3.73. The molecule has 10 heteroatoms. The fourth-order valence-electron chi connectivity index (χ4n) is 6.53. The first-order valence-corrected chi connectivity index (χ1v) is 13.4. The Balaban J connectivity index is 1.25. The largest absolute Gasteiger partial charge is 0.507 e. The van der Waals surface area contributed by atoms with E-state index in [-0.39, 0.29) is 22.7 Å². The lowest BCUT2D eigenvalue weighted by Crippen LogP contribution is -2.67. The molecule has 3 fully saturated rings. The van der Waals surface area contributed by atoms with E-state index in [1.54, 1.807) is 18.3 Å². The minimum atomic E-state index is 0.0414. The zero-order valence-corrected chi connectivity index (χ0v) is 22.4. The molecule has 1 aromatic carbocycles. The Labute approximate surface area is 222 Å². The molecule has 4 heterocycles. The lowest BCUT2D eigenvalue weighted by molar-refractivity contribution is 0.0766. The number of hydrogen-bond acceptors (Lipinski definition) is 10. The molecule has 2 N–H and O–H groups in total. The summed E-state index contributed by atoms with van der Waals surface area (Å²) in [6.07, 6.45) is 11.7. The van der Waals surface area contributed by atoms with Gasteiger partial charge in [0.15, 0.2) is 11.6 Å². The highest BCUT2D eigenvalue weighted by Gasteiger charge is 2.49. The van der Waals surface area contributed by atoms with E-state index in [9.17, 15) is 5.11 Å². The van der Waals surface area contributed by atoms with Crippen molar-refractivity contribution in [1.29, 1.82) is 0 Å². The summed E-state index contributed by atoms with van der Waals surface area (Å²) < 4.78 is 10.4. The Bertz CT molecular complexity index is 1310. The molecule has 2 aromatic heterocycles. The first kappa shape index (κ1) is 24.8. The van der Waals surface area contributed by atoms with Crippen LogP contribution in [0.1, 0.15) is 58.8 Å². The predicted octanol–water partition coefficient (Wildman–Crippen LogP) is 4.14. The zero-order valence-electron chi connectivity index (χ0n) is 22.4. The topological polar surface area (TPSA) is 118 Å². The highest BCUT2D eigenvalue weighted by molar-refractivity contribution is 5.71. The van der Waals surface area contributed by atoms with Gasteiger partial charge in [-0.3, -0.25) is 0 Å². The zero-order chi connectivity index (χ0) is 26.5. The molecular formula is C28H35N7O3. The van der Waals surface area contributed by atoms with Gasteiger partial charge in [-0.25, -0.2) is 15.0 Å². The Morgan fingerprint density at radius 1 is 0.947 bits per heavy atom. The van der Waals surface area contributed by atoms with Crippen LogP contribution in [0.5, 0.6) is 17.5 Å². The molecule has 1 aliphatic carbocycles. The molecule has 200 valence electrons. The summed E-state index contributed by atoms with van der Waals surface area (Å²) in [5, 5.41) is 23.8. The second-order valence-electron chi connectivity index (χ2n) is 11.4. The number of anilines is 1. The van der Waals surface area contributed by atoms with Gasteiger partial charge in [-0.2, -0.15) is 0 Å². The van der Waals surface area contributed by atoms with Gasteiger partial charge >= 0.3 is 0 Å². The fourth-order valence-corrected chi connectivity index (χ4v) is 6.53. The molecule has 1 unspecified atom stereocenters. The lowest BCUT2D eigenvalue weighted by Gasteiger charge is -2.55. The molecule has 2 bridgehead atoms. The van der Waals surface area contributed by atoms with Gasteiger partial charge in [0.25, 0.3) is 11.8 Å². The molecule has 1 saturated carbocycles. The van der Waals surface area contributed by atoms with E-state index in [4.69, 9.17) is 9.47 Å². The van der Waals surface area contributed by atoms with Gasteiger partial charge in [-0.1, -0.05) is 6.07 Å². The number of aromatic hydroxyl groups is 1. The fraction of sp³-hybridized carbons (Fsp3) is 0.536. The summed E-state index contributed by atoms with van der Waals surface area (Å²) in [6.45, 7) is 4.74. The monoisotopic (exact) mass is 517 g/mol. The highest BCUT2D eigenvalue weighted by Crippen LogP contribution is 2.45. The summed E-state index contributed by atoms with van der Waals surface area (Å²) in [5.41, 5.74) is 2.07. The maximum Gasteiger partial charge on any atom is 0.278 e. The van der Waals surface area contributed by atoms with Crippen LogP contribution < -0.4 is 19.7 Å². The summed E-state index contributed by atoms with van der Waals surface area (Å²) >= 11 is 0. The third-order valence-electron chi connectivity index (χ3n) is 8.21. The Hall–Kier alpha value is -3.53. The number of methoxy groups -OCH3 is 2. The number of piperidine rings is 2. The second-order valence-corrected chi connectivity index (χ2v) is 11.4. The van der Waals surface area contributed by atoms with Crippen molar-refractivity contribution in [3.8, 4) is 40.2 Å². The third-order valence-corrected chi connectivity index (χ3v) is 8.21. The lowest BCUT2D eigenvalue weighted by atomic mass is 9.69. The Morgan fingerprint density at radius 3 is 2.29 bits per heavy atom. The van der Waals surface area contributed by atoms with Gasteiger partial charge in [0.05, 0.1) is 37.9 Å². The molecule has 38 heavy (non-hydrogen) atoms. The molecule has 2 saturated heterocycles. The molecule has 0 amide bonds. The first-order chi connectivity index (χ1) is 18.3. The van der Waals surface area contributed by atoms with Gasteiger partial charge in [0, 0.05) is 28.7 Å². The van der Waals surface area contributed by atoms with Crippen molar-refractivity contribution in [3.05, 3.63) is 30.6 Å². The summed E-state index contributed by atoms with van der Waals surface area (Å²) in [6, 6.07) is 6.15. The third kappa shape index (κ3) is 4.62. The van der Waals surface area contributed by atoms with E-state index < -0.39 is 0 Å². The van der Waals surface area contributed by atoms with Crippen molar-refractivity contribution in [2.75, 3.05) is 19.1 Å². The molecule has 10 nitrogen and oxygen atoms in total. The molecule has 2 aliphatic heterocycles. The molecule has 0 spiro atoms. The standard InChI is InChI=1S/C28H35N7O3/c1-27-10-5-11-28(2,34-27)14-19(13-27)35(18-7-8-18)23-16-29-24(33-32-23)20-9-6-17(12-22(20)36)21-15-30-25(37-3)26(31-21)38-4/h6,9,12,15-16,18-19,34,36H,5,7-8,10-11,13-14H2,1-4H3/t19?,27-,28+. The number of nitrogens with one attached hydrogen (secondary N) is 1. The van der Waals surface area contributed by atoms with Crippen LogP contribution in [-0.2, 0) is 0 Å². The van der Waals surface area contributed by atoms with Crippen molar-refractivity contribution in [2.45, 2.75) is 82.0 Å². The average molecular weight is 518 g/mol. The molecule has 0 radical (unpaired) electrons. The predicted molar refractivity (Wildman–Crippen MR) is 143 cm³/mol. The number of rotatable bonds is 7. The second kappa shape index (κ2) is 9.34. The van der Waals surface area contributed by atoms with Crippen LogP contribution in [0, 0.1) is 0 Å². The summed E-state index contributed by atoms with van der Waals surface area (Å²) in [5.74, 6) is 1.82. The number of phenols is 1. The Kier molecular flexibility index (Phi) is 6.09. The van der Waals surface area contributed by atoms with E-state index in [1.165, 1.54) is 46.3 Å². The quantitative estimate of drug-likeness (QED) is 0.473. The maximum atomic E-state index is 10.8. The van der Waals surface area contributed by atoms with Crippen LogP contribution in [-0.4, -0.2) is 67.6 Å². The minimum absolute atomic E-state index is 0.0414. The highest BCUT2D eigenvalue weighted by atomic mass is 16.5. The number of ether oxygens (including phenoxy) is 2. The van der Waals surface area contributed by atoms with Crippen LogP contribution in [0.2, 0.25) is 0 Å². The number of fused-ring (bicyclic) bond motifs is 2. The van der Waals surface area contributed by atoms with Crippen molar-refractivity contribution in [3.63, 3.8) is 0 Å². The smallest absolute Gasteiger partial charge is 0.278 e. The van der Waals surface area contributed by atoms with E-state index in [0.29, 0.717) is 40.6 Å². The molecule has 6 rings (SSSR count). The van der Waals surface area contributed by atoms with Crippen molar-refractivity contribution < 1.29 is 14.6 Å². The molecule has 3 atom stereocenters. The van der Waals surface area contributed by atoms with Gasteiger partial charge in [-0.15, -0.1) is 10.2 Å². The summed E-state index contributed by atoms with van der Waals surface area (Å²) in [7, 11) is 3.01. The maximum absolute atomic E-state index is 10.8. The van der Waals surface area contributed by atoms with Crippen LogP contribution >= 0.6 is 0 Å². The van der Waals surface area contributed by atoms with Crippen LogP contribution in [0.15, 0.2) is 30.6 Å². The number of benzene rings is 1. The van der Waals surface area contributed by atoms with Crippen LogP contribution in [0.25, 0.3) is 22.6 Å². The summed E-state index contributed by atoms with van der Waals surface area (Å²) in [4.78, 5) is 15.8. The minimum Gasteiger partial charge on any atom is -0.507 e. The molecule has 3 aliphatic rings. The first-order valence-electron chi connectivity index (χ1n) is 13.4. The molecular weight excluding hydrogens is 482 g/mol. The van der Waals surface area contributed by atoms with Crippen molar-refractivity contribution >= 4 is 5.82 Å². The van der Waals surface area contributed by atoms with Crippen LogP contribution in [0.3, 0.4) is 0 Å². The van der Waals surface area contributed by atoms with Gasteiger partial charge < -0.3 is 24.8 Å². The van der Waals surface area contributed by atoms with E-state index in [0.717, 1.165) is 18.7 Å².